The van der Waals surface area contributed by atoms with E-state index in [1.165, 1.54) is 206 Å². The second-order valence-electron chi connectivity index (χ2n) is 15.9. The average Bonchev–Trinajstić information content (AvgIpc) is 3.27. The predicted octanol–water partition coefficient (Wildman–Crippen LogP) is 14.6. The fraction of sp³-hybridized carbons (Fsp3) is 0.864. The SMILES string of the molecule is C=C(CCCCCCCCCC/C=C\CCCCC)CCC(CCCCC1(C)CC=CCCC1)CCCC1CCCN(CC)C1. The Bertz CT molecular complexity index is 748. The number of hydrogen-bond acceptors (Lipinski definition) is 1. The van der Waals surface area contributed by atoms with Crippen LogP contribution in [0.25, 0.3) is 0 Å². The van der Waals surface area contributed by atoms with Crippen molar-refractivity contribution in [1.29, 1.82) is 0 Å². The molecular weight excluding hydrogens is 542 g/mol. The zero-order valence-corrected chi connectivity index (χ0v) is 31.2. The van der Waals surface area contributed by atoms with E-state index in [0.717, 1.165) is 11.8 Å². The molecular formula is C44H81N. The topological polar surface area (TPSA) is 3.24 Å². The molecule has 0 radical (unpaired) electrons. The smallest absolute Gasteiger partial charge is 0.000955 e. The molecule has 0 aromatic heterocycles. The molecule has 0 spiro atoms. The number of unbranched alkanes of at least 4 members (excludes halogenated alkanes) is 12. The summed E-state index contributed by atoms with van der Waals surface area (Å²) < 4.78 is 0. The van der Waals surface area contributed by atoms with Gasteiger partial charge in [0.25, 0.3) is 0 Å². The van der Waals surface area contributed by atoms with Crippen LogP contribution in [0.2, 0.25) is 0 Å². The van der Waals surface area contributed by atoms with Crippen LogP contribution >= 0.6 is 0 Å². The van der Waals surface area contributed by atoms with Crippen LogP contribution in [0.15, 0.2) is 36.5 Å². The highest BCUT2D eigenvalue weighted by atomic mass is 15.1. The summed E-state index contributed by atoms with van der Waals surface area (Å²) >= 11 is 0. The summed E-state index contributed by atoms with van der Waals surface area (Å²) in [6.45, 7) is 15.7. The molecule has 1 aliphatic heterocycles. The number of rotatable bonds is 28. The van der Waals surface area contributed by atoms with E-state index in [1.54, 1.807) is 5.57 Å². The van der Waals surface area contributed by atoms with E-state index in [2.05, 4.69) is 56.6 Å². The van der Waals surface area contributed by atoms with Crippen LogP contribution in [-0.2, 0) is 0 Å². The highest BCUT2D eigenvalue weighted by Gasteiger charge is 2.23. The summed E-state index contributed by atoms with van der Waals surface area (Å²) in [6, 6.07) is 0. The van der Waals surface area contributed by atoms with Gasteiger partial charge in [-0.25, -0.2) is 0 Å². The molecule has 0 N–H and O–H groups in total. The lowest BCUT2D eigenvalue weighted by Gasteiger charge is -2.32. The lowest BCUT2D eigenvalue weighted by Crippen LogP contribution is -2.35. The van der Waals surface area contributed by atoms with Gasteiger partial charge in [-0.1, -0.05) is 141 Å². The minimum absolute atomic E-state index is 0.563. The fourth-order valence-corrected chi connectivity index (χ4v) is 8.23. The summed E-state index contributed by atoms with van der Waals surface area (Å²) in [5, 5.41) is 0. The van der Waals surface area contributed by atoms with Gasteiger partial charge >= 0.3 is 0 Å². The summed E-state index contributed by atoms with van der Waals surface area (Å²) in [6.07, 6.45) is 50.2. The number of likely N-dealkylation sites (tertiary alicyclic amines) is 1. The van der Waals surface area contributed by atoms with Crippen molar-refractivity contribution in [1.82, 2.24) is 4.90 Å². The van der Waals surface area contributed by atoms with Crippen molar-refractivity contribution in [3.05, 3.63) is 36.5 Å². The molecule has 1 heteroatoms. The van der Waals surface area contributed by atoms with Crippen LogP contribution in [0.3, 0.4) is 0 Å². The van der Waals surface area contributed by atoms with Gasteiger partial charge in [0.15, 0.2) is 0 Å². The van der Waals surface area contributed by atoms with E-state index < -0.39 is 0 Å². The maximum Gasteiger partial charge on any atom is 0.000955 e. The molecule has 262 valence electrons. The highest BCUT2D eigenvalue weighted by molar-refractivity contribution is 4.95. The first-order chi connectivity index (χ1) is 22.0. The molecule has 0 bridgehead atoms. The lowest BCUT2D eigenvalue weighted by molar-refractivity contribution is 0.172. The zero-order valence-electron chi connectivity index (χ0n) is 31.2. The molecule has 3 unspecified atom stereocenters. The molecule has 2 aliphatic rings. The minimum atomic E-state index is 0.563. The first-order valence-corrected chi connectivity index (χ1v) is 20.7. The number of hydrogen-bond donors (Lipinski definition) is 0. The Balaban J connectivity index is 1.57. The van der Waals surface area contributed by atoms with Gasteiger partial charge in [-0.2, -0.15) is 0 Å². The highest BCUT2D eigenvalue weighted by Crippen LogP contribution is 2.37. The predicted molar refractivity (Wildman–Crippen MR) is 204 cm³/mol. The lowest BCUT2D eigenvalue weighted by atomic mass is 9.78. The fourth-order valence-electron chi connectivity index (χ4n) is 8.23. The molecule has 3 atom stereocenters. The van der Waals surface area contributed by atoms with E-state index in [-0.39, 0.29) is 0 Å². The monoisotopic (exact) mass is 624 g/mol. The Labute approximate surface area is 284 Å². The van der Waals surface area contributed by atoms with E-state index in [0.29, 0.717) is 5.41 Å². The summed E-state index contributed by atoms with van der Waals surface area (Å²) in [4.78, 5) is 2.69. The molecule has 1 fully saturated rings. The average molecular weight is 624 g/mol. The quantitative estimate of drug-likeness (QED) is 0.0619. The first-order valence-electron chi connectivity index (χ1n) is 20.7. The molecule has 0 aromatic rings. The third-order valence-electron chi connectivity index (χ3n) is 11.5. The van der Waals surface area contributed by atoms with E-state index in [1.807, 2.05) is 0 Å². The van der Waals surface area contributed by atoms with Crippen molar-refractivity contribution in [2.45, 2.75) is 207 Å². The Morgan fingerprint density at radius 3 is 2.27 bits per heavy atom. The largest absolute Gasteiger partial charge is 0.303 e. The van der Waals surface area contributed by atoms with Crippen molar-refractivity contribution < 1.29 is 0 Å². The first kappa shape index (κ1) is 40.4. The number of piperidine rings is 1. The van der Waals surface area contributed by atoms with Crippen LogP contribution < -0.4 is 0 Å². The van der Waals surface area contributed by atoms with Gasteiger partial charge < -0.3 is 4.90 Å². The standard InChI is InChI=1S/C44H81N/c1-5-7-8-9-10-11-12-13-14-15-16-17-18-19-22-29-41(3)34-35-42(31-27-32-43-33-28-39-45(6-2)40-43)30-23-26-38-44(4)36-24-20-21-25-37-44/h10-11,20,24,42-43H,3,5-9,12-19,21-23,25-40H2,1-2,4H3/b11-10-. The van der Waals surface area contributed by atoms with E-state index >= 15 is 0 Å². The second kappa shape index (κ2) is 27.2. The van der Waals surface area contributed by atoms with Gasteiger partial charge in [-0.05, 0) is 133 Å². The zero-order chi connectivity index (χ0) is 32.3. The van der Waals surface area contributed by atoms with Crippen LogP contribution in [-0.4, -0.2) is 24.5 Å². The van der Waals surface area contributed by atoms with Crippen LogP contribution in [0.1, 0.15) is 207 Å². The number of allylic oxidation sites excluding steroid dienone is 5. The van der Waals surface area contributed by atoms with Crippen LogP contribution in [0, 0.1) is 17.3 Å². The van der Waals surface area contributed by atoms with Crippen molar-refractivity contribution >= 4 is 0 Å². The molecule has 0 aromatic carbocycles. The molecule has 1 aliphatic carbocycles. The van der Waals surface area contributed by atoms with E-state index in [9.17, 15) is 0 Å². The van der Waals surface area contributed by atoms with Gasteiger partial charge in [-0.15, -0.1) is 0 Å². The molecule has 0 amide bonds. The third-order valence-corrected chi connectivity index (χ3v) is 11.5. The second-order valence-corrected chi connectivity index (χ2v) is 15.9. The van der Waals surface area contributed by atoms with Gasteiger partial charge in [0.2, 0.25) is 0 Å². The minimum Gasteiger partial charge on any atom is -0.303 e. The molecule has 1 saturated heterocycles. The Morgan fingerprint density at radius 1 is 0.800 bits per heavy atom. The molecule has 0 saturated carbocycles. The van der Waals surface area contributed by atoms with Crippen molar-refractivity contribution in [3.63, 3.8) is 0 Å². The Hall–Kier alpha value is -0.820. The summed E-state index contributed by atoms with van der Waals surface area (Å²) in [7, 11) is 0. The van der Waals surface area contributed by atoms with Gasteiger partial charge in [0.05, 0.1) is 0 Å². The molecule has 45 heavy (non-hydrogen) atoms. The van der Waals surface area contributed by atoms with Gasteiger partial charge in [0, 0.05) is 6.54 Å². The van der Waals surface area contributed by atoms with E-state index in [4.69, 9.17) is 0 Å². The third kappa shape index (κ3) is 21.6. The van der Waals surface area contributed by atoms with Crippen molar-refractivity contribution in [3.8, 4) is 0 Å². The van der Waals surface area contributed by atoms with Gasteiger partial charge in [0.1, 0.15) is 0 Å². The number of nitrogens with zero attached hydrogens (tertiary/aromatic N) is 1. The van der Waals surface area contributed by atoms with Crippen LogP contribution in [0.4, 0.5) is 0 Å². The summed E-state index contributed by atoms with van der Waals surface area (Å²) in [5.41, 5.74) is 2.11. The van der Waals surface area contributed by atoms with Crippen molar-refractivity contribution in [2.75, 3.05) is 19.6 Å². The van der Waals surface area contributed by atoms with Gasteiger partial charge in [-0.3, -0.25) is 0 Å². The Morgan fingerprint density at radius 2 is 1.51 bits per heavy atom. The molecule has 1 heterocycles. The van der Waals surface area contributed by atoms with Crippen LogP contribution in [0.5, 0.6) is 0 Å². The molecule has 1 nitrogen and oxygen atoms in total. The van der Waals surface area contributed by atoms with Crippen molar-refractivity contribution in [2.24, 2.45) is 17.3 Å². The summed E-state index contributed by atoms with van der Waals surface area (Å²) in [5.74, 6) is 1.88. The maximum absolute atomic E-state index is 4.56. The normalized spacial score (nSPS) is 21.8. The Kier molecular flexibility index (Phi) is 24.4. The molecule has 2 rings (SSSR count). The maximum atomic E-state index is 4.56.